The molecular weight excluding hydrogens is 260 g/mol. The zero-order chi connectivity index (χ0) is 13.8. The second kappa shape index (κ2) is 5.75. The van der Waals surface area contributed by atoms with Crippen LogP contribution in [0.3, 0.4) is 0 Å². The summed E-state index contributed by atoms with van der Waals surface area (Å²) in [5, 5.41) is 14.3. The zero-order valence-electron chi connectivity index (χ0n) is 10.6. The molecule has 0 fully saturated rings. The van der Waals surface area contributed by atoms with Crippen LogP contribution in [0.5, 0.6) is 0 Å². The van der Waals surface area contributed by atoms with E-state index in [0.717, 1.165) is 6.42 Å². The number of nitrogens with one attached hydrogen (secondary N) is 1. The highest BCUT2D eigenvalue weighted by Gasteiger charge is 2.11. The maximum absolute atomic E-state index is 11.0. The van der Waals surface area contributed by atoms with Crippen molar-refractivity contribution in [1.82, 2.24) is 0 Å². The molecule has 0 saturated heterocycles. The fraction of sp³-hybridized carbons (Fsp3) is 0.214. The van der Waals surface area contributed by atoms with Crippen molar-refractivity contribution in [2.45, 2.75) is 19.9 Å². The molecule has 0 radical (unpaired) electrons. The van der Waals surface area contributed by atoms with E-state index in [1.165, 1.54) is 16.5 Å². The summed E-state index contributed by atoms with van der Waals surface area (Å²) < 4.78 is 0. The van der Waals surface area contributed by atoms with Crippen LogP contribution in [0.4, 0.5) is 11.4 Å². The minimum Gasteiger partial charge on any atom is -0.478 e. The summed E-state index contributed by atoms with van der Waals surface area (Å²) in [7, 11) is 0. The highest BCUT2D eigenvalue weighted by atomic mass is 32.1. The SMILES string of the molecule is CCc1ccsc1CNc1cccc(C(=O)O)c1N. The normalized spacial score (nSPS) is 10.4. The number of nitrogen functional groups attached to an aromatic ring is 1. The topological polar surface area (TPSA) is 75.3 Å². The number of rotatable bonds is 5. The summed E-state index contributed by atoms with van der Waals surface area (Å²) in [5.41, 5.74) is 8.24. The molecule has 19 heavy (non-hydrogen) atoms. The average Bonchev–Trinajstić information content (AvgIpc) is 2.84. The molecule has 0 unspecified atom stereocenters. The van der Waals surface area contributed by atoms with E-state index in [-0.39, 0.29) is 11.3 Å². The lowest BCUT2D eigenvalue weighted by Crippen LogP contribution is -2.07. The van der Waals surface area contributed by atoms with E-state index in [1.54, 1.807) is 23.5 Å². The Balaban J connectivity index is 2.16. The number of anilines is 2. The molecule has 0 bridgehead atoms. The summed E-state index contributed by atoms with van der Waals surface area (Å²) in [6.07, 6.45) is 0.991. The standard InChI is InChI=1S/C14H16N2O2S/c1-2-9-6-7-19-12(9)8-16-11-5-3-4-10(13(11)15)14(17)18/h3-7,16H,2,8,15H2,1H3,(H,17,18). The van der Waals surface area contributed by atoms with Gasteiger partial charge in [0.2, 0.25) is 0 Å². The highest BCUT2D eigenvalue weighted by Crippen LogP contribution is 2.25. The van der Waals surface area contributed by atoms with E-state index >= 15 is 0 Å². The minimum absolute atomic E-state index is 0.131. The highest BCUT2D eigenvalue weighted by molar-refractivity contribution is 7.10. The number of thiophene rings is 1. The smallest absolute Gasteiger partial charge is 0.337 e. The number of para-hydroxylation sites is 1. The van der Waals surface area contributed by atoms with Crippen molar-refractivity contribution in [1.29, 1.82) is 0 Å². The van der Waals surface area contributed by atoms with Gasteiger partial charge in [-0.15, -0.1) is 11.3 Å². The molecule has 0 aliphatic heterocycles. The van der Waals surface area contributed by atoms with Crippen LogP contribution in [-0.2, 0) is 13.0 Å². The molecule has 1 aromatic heterocycles. The Labute approximate surface area is 115 Å². The van der Waals surface area contributed by atoms with Gasteiger partial charge < -0.3 is 16.2 Å². The first-order valence-electron chi connectivity index (χ1n) is 6.04. The van der Waals surface area contributed by atoms with Gasteiger partial charge >= 0.3 is 5.97 Å². The molecule has 0 saturated carbocycles. The van der Waals surface area contributed by atoms with Crippen molar-refractivity contribution in [2.24, 2.45) is 0 Å². The molecule has 0 amide bonds. The largest absolute Gasteiger partial charge is 0.478 e. The van der Waals surface area contributed by atoms with Crippen LogP contribution in [0.15, 0.2) is 29.6 Å². The van der Waals surface area contributed by atoms with Crippen LogP contribution >= 0.6 is 11.3 Å². The molecule has 1 heterocycles. The third-order valence-corrected chi connectivity index (χ3v) is 3.96. The Hall–Kier alpha value is -2.01. The van der Waals surface area contributed by atoms with Crippen LogP contribution in [0.25, 0.3) is 0 Å². The Bertz CT molecular complexity index is 593. The zero-order valence-corrected chi connectivity index (χ0v) is 11.5. The van der Waals surface area contributed by atoms with E-state index in [0.29, 0.717) is 12.2 Å². The molecule has 1 aromatic carbocycles. The predicted octanol–water partition coefficient (Wildman–Crippen LogP) is 3.20. The van der Waals surface area contributed by atoms with Crippen LogP contribution in [0, 0.1) is 0 Å². The van der Waals surface area contributed by atoms with Gasteiger partial charge in [-0.3, -0.25) is 0 Å². The van der Waals surface area contributed by atoms with Gasteiger partial charge in [-0.2, -0.15) is 0 Å². The Morgan fingerprint density at radius 3 is 2.89 bits per heavy atom. The van der Waals surface area contributed by atoms with Crippen molar-refractivity contribution in [2.75, 3.05) is 11.1 Å². The fourth-order valence-corrected chi connectivity index (χ4v) is 2.83. The van der Waals surface area contributed by atoms with Gasteiger partial charge in [0.05, 0.1) is 16.9 Å². The number of nitrogens with two attached hydrogens (primary N) is 1. The number of carbonyl (C=O) groups is 1. The molecule has 0 aliphatic rings. The van der Waals surface area contributed by atoms with E-state index in [4.69, 9.17) is 10.8 Å². The van der Waals surface area contributed by atoms with Gasteiger partial charge in [0, 0.05) is 11.4 Å². The van der Waals surface area contributed by atoms with Crippen molar-refractivity contribution in [3.05, 3.63) is 45.6 Å². The van der Waals surface area contributed by atoms with Crippen molar-refractivity contribution in [3.8, 4) is 0 Å². The van der Waals surface area contributed by atoms with Crippen molar-refractivity contribution < 1.29 is 9.90 Å². The molecular formula is C14H16N2O2S. The molecule has 0 aliphatic carbocycles. The summed E-state index contributed by atoms with van der Waals surface area (Å²) in [4.78, 5) is 12.3. The number of carboxylic acids is 1. The monoisotopic (exact) mass is 276 g/mol. The van der Waals surface area contributed by atoms with Gasteiger partial charge in [0.1, 0.15) is 0 Å². The maximum atomic E-state index is 11.0. The Morgan fingerprint density at radius 2 is 2.21 bits per heavy atom. The molecule has 0 spiro atoms. The molecule has 0 atom stereocenters. The minimum atomic E-state index is -1.01. The molecule has 2 aromatic rings. The second-order valence-corrected chi connectivity index (χ2v) is 5.15. The summed E-state index contributed by atoms with van der Waals surface area (Å²) >= 11 is 1.69. The lowest BCUT2D eigenvalue weighted by atomic mass is 10.1. The quantitative estimate of drug-likeness (QED) is 0.733. The summed E-state index contributed by atoms with van der Waals surface area (Å²) in [6, 6.07) is 7.10. The number of benzene rings is 1. The van der Waals surface area contributed by atoms with Gasteiger partial charge in [0.25, 0.3) is 0 Å². The molecule has 4 nitrogen and oxygen atoms in total. The Morgan fingerprint density at radius 1 is 1.42 bits per heavy atom. The molecule has 2 rings (SSSR count). The van der Waals surface area contributed by atoms with Crippen LogP contribution < -0.4 is 11.1 Å². The first-order chi connectivity index (χ1) is 9.13. The van der Waals surface area contributed by atoms with Gasteiger partial charge in [0.15, 0.2) is 0 Å². The number of aryl methyl sites for hydroxylation is 1. The second-order valence-electron chi connectivity index (χ2n) is 4.15. The number of carboxylic acid groups (broad SMARTS) is 1. The molecule has 100 valence electrons. The first kappa shape index (κ1) is 13.4. The fourth-order valence-electron chi connectivity index (χ4n) is 1.92. The van der Waals surface area contributed by atoms with Gasteiger partial charge in [-0.1, -0.05) is 13.0 Å². The van der Waals surface area contributed by atoms with E-state index in [9.17, 15) is 4.79 Å². The van der Waals surface area contributed by atoms with Crippen LogP contribution in [0.2, 0.25) is 0 Å². The lowest BCUT2D eigenvalue weighted by molar-refractivity contribution is 0.0698. The number of aromatic carboxylic acids is 1. The number of hydrogen-bond acceptors (Lipinski definition) is 4. The average molecular weight is 276 g/mol. The third-order valence-electron chi connectivity index (χ3n) is 2.99. The number of hydrogen-bond donors (Lipinski definition) is 3. The third kappa shape index (κ3) is 2.88. The summed E-state index contributed by atoms with van der Waals surface area (Å²) in [5.74, 6) is -1.01. The van der Waals surface area contributed by atoms with Gasteiger partial charge in [-0.05, 0) is 35.6 Å². The molecule has 4 N–H and O–H groups in total. The van der Waals surface area contributed by atoms with E-state index in [1.807, 2.05) is 0 Å². The van der Waals surface area contributed by atoms with Crippen molar-refractivity contribution >= 4 is 28.7 Å². The molecule has 5 heteroatoms. The summed E-state index contributed by atoms with van der Waals surface area (Å²) in [6.45, 7) is 2.78. The van der Waals surface area contributed by atoms with Crippen LogP contribution in [-0.4, -0.2) is 11.1 Å². The lowest BCUT2D eigenvalue weighted by Gasteiger charge is -2.11. The first-order valence-corrected chi connectivity index (χ1v) is 6.92. The van der Waals surface area contributed by atoms with E-state index < -0.39 is 5.97 Å². The Kier molecular flexibility index (Phi) is 4.06. The van der Waals surface area contributed by atoms with Crippen molar-refractivity contribution in [3.63, 3.8) is 0 Å². The van der Waals surface area contributed by atoms with Gasteiger partial charge in [-0.25, -0.2) is 4.79 Å². The maximum Gasteiger partial charge on any atom is 0.337 e. The van der Waals surface area contributed by atoms with E-state index in [2.05, 4.69) is 23.7 Å². The predicted molar refractivity (Wildman–Crippen MR) is 78.8 cm³/mol. The van der Waals surface area contributed by atoms with Crippen LogP contribution in [0.1, 0.15) is 27.7 Å².